The lowest BCUT2D eigenvalue weighted by Gasteiger charge is -2.09. The summed E-state index contributed by atoms with van der Waals surface area (Å²) in [6, 6.07) is 20.6. The van der Waals surface area contributed by atoms with Gasteiger partial charge in [0.25, 0.3) is 15.9 Å². The molecular formula is C24H22N2O6S. The van der Waals surface area contributed by atoms with Crippen LogP contribution in [0.1, 0.15) is 15.9 Å². The van der Waals surface area contributed by atoms with E-state index in [1.165, 1.54) is 18.2 Å². The van der Waals surface area contributed by atoms with Gasteiger partial charge in [0.2, 0.25) is 6.79 Å². The van der Waals surface area contributed by atoms with Gasteiger partial charge < -0.3 is 19.5 Å². The van der Waals surface area contributed by atoms with Crippen molar-refractivity contribution in [1.29, 1.82) is 0 Å². The van der Waals surface area contributed by atoms with Crippen LogP contribution in [0, 0.1) is 0 Å². The van der Waals surface area contributed by atoms with Gasteiger partial charge in [0.15, 0.2) is 11.5 Å². The first kappa shape index (κ1) is 22.2. The van der Waals surface area contributed by atoms with E-state index in [1.54, 1.807) is 42.5 Å². The highest BCUT2D eigenvalue weighted by Crippen LogP contribution is 2.34. The molecule has 3 aromatic rings. The first-order chi connectivity index (χ1) is 16.0. The molecule has 0 atom stereocenters. The fraction of sp³-hybridized carbons (Fsp3) is 0.125. The summed E-state index contributed by atoms with van der Waals surface area (Å²) in [5.74, 6) is 1.63. The smallest absolute Gasteiger partial charge is 0.255 e. The number of anilines is 1. The normalized spacial score (nSPS) is 12.5. The van der Waals surface area contributed by atoms with Gasteiger partial charge in [-0.15, -0.1) is 0 Å². The molecule has 9 heteroatoms. The van der Waals surface area contributed by atoms with Crippen LogP contribution < -0.4 is 24.2 Å². The first-order valence-electron chi connectivity index (χ1n) is 10.2. The van der Waals surface area contributed by atoms with Gasteiger partial charge >= 0.3 is 0 Å². The molecule has 2 N–H and O–H groups in total. The molecule has 0 fully saturated rings. The Balaban J connectivity index is 1.24. The van der Waals surface area contributed by atoms with Crippen LogP contribution in [-0.2, 0) is 10.0 Å². The van der Waals surface area contributed by atoms with E-state index >= 15 is 0 Å². The Morgan fingerprint density at radius 2 is 1.73 bits per heavy atom. The molecule has 4 rings (SSSR count). The number of rotatable bonds is 9. The molecule has 1 aliphatic heterocycles. The minimum absolute atomic E-state index is 0.194. The fourth-order valence-corrected chi connectivity index (χ4v) is 3.89. The summed E-state index contributed by atoms with van der Waals surface area (Å²) in [4.78, 5) is 12.3. The molecule has 0 saturated carbocycles. The van der Waals surface area contributed by atoms with Crippen molar-refractivity contribution in [2.45, 2.75) is 0 Å². The van der Waals surface area contributed by atoms with Crippen molar-refractivity contribution in [3.8, 4) is 17.2 Å². The predicted octanol–water partition coefficient (Wildman–Crippen LogP) is 3.64. The van der Waals surface area contributed by atoms with Gasteiger partial charge in [-0.05, 0) is 48.0 Å². The number of nitrogens with one attached hydrogen (secondary N) is 2. The lowest BCUT2D eigenvalue weighted by atomic mass is 10.2. The maximum Gasteiger partial charge on any atom is 0.255 e. The van der Waals surface area contributed by atoms with E-state index in [-0.39, 0.29) is 19.3 Å². The van der Waals surface area contributed by atoms with Crippen LogP contribution in [-0.4, -0.2) is 34.3 Å². The SMILES string of the molecule is O=C(NCCOc1ccc2c(c1)OCO2)c1ccc(NS(=O)(=O)C=Cc2ccccc2)cc1. The molecule has 0 unspecified atom stereocenters. The van der Waals surface area contributed by atoms with Crippen molar-refractivity contribution in [2.24, 2.45) is 0 Å². The third kappa shape index (κ3) is 6.27. The summed E-state index contributed by atoms with van der Waals surface area (Å²) in [6.45, 7) is 0.766. The molecule has 0 aliphatic carbocycles. The molecule has 0 radical (unpaired) electrons. The van der Waals surface area contributed by atoms with E-state index in [4.69, 9.17) is 14.2 Å². The number of fused-ring (bicyclic) bond motifs is 1. The van der Waals surface area contributed by atoms with Crippen molar-refractivity contribution in [2.75, 3.05) is 24.7 Å². The Hall–Kier alpha value is -3.98. The van der Waals surface area contributed by atoms with Crippen LogP contribution in [0.3, 0.4) is 0 Å². The summed E-state index contributed by atoms with van der Waals surface area (Å²) in [6.07, 6.45) is 1.51. The van der Waals surface area contributed by atoms with Gasteiger partial charge in [0, 0.05) is 17.3 Å². The summed E-state index contributed by atoms with van der Waals surface area (Å²) < 4.78 is 43.1. The Bertz CT molecular complexity index is 1240. The van der Waals surface area contributed by atoms with Crippen LogP contribution in [0.2, 0.25) is 0 Å². The molecule has 1 heterocycles. The molecule has 3 aromatic carbocycles. The van der Waals surface area contributed by atoms with Crippen molar-refractivity contribution in [3.63, 3.8) is 0 Å². The van der Waals surface area contributed by atoms with Gasteiger partial charge in [-0.1, -0.05) is 30.3 Å². The van der Waals surface area contributed by atoms with Crippen LogP contribution in [0.25, 0.3) is 6.08 Å². The lowest BCUT2D eigenvalue weighted by molar-refractivity contribution is 0.0947. The molecule has 1 amide bonds. The largest absolute Gasteiger partial charge is 0.492 e. The summed E-state index contributed by atoms with van der Waals surface area (Å²) in [7, 11) is -3.68. The quantitative estimate of drug-likeness (QED) is 0.467. The number of ether oxygens (including phenoxy) is 3. The second kappa shape index (κ2) is 10.1. The van der Waals surface area contributed by atoms with E-state index < -0.39 is 10.0 Å². The predicted molar refractivity (Wildman–Crippen MR) is 125 cm³/mol. The number of benzene rings is 3. The van der Waals surface area contributed by atoms with Gasteiger partial charge in [-0.3, -0.25) is 9.52 Å². The standard InChI is InChI=1S/C24H22N2O6S/c27-24(25-13-14-30-21-10-11-22-23(16-21)32-17-31-22)19-6-8-20(9-7-19)26-33(28,29)15-12-18-4-2-1-3-5-18/h1-12,15-16,26H,13-14,17H2,(H,25,27). The van der Waals surface area contributed by atoms with Crippen LogP contribution in [0.4, 0.5) is 5.69 Å². The van der Waals surface area contributed by atoms with E-state index in [0.29, 0.717) is 35.0 Å². The molecule has 8 nitrogen and oxygen atoms in total. The third-order valence-electron chi connectivity index (χ3n) is 4.65. The van der Waals surface area contributed by atoms with Gasteiger partial charge in [0.1, 0.15) is 12.4 Å². The molecule has 33 heavy (non-hydrogen) atoms. The molecule has 170 valence electrons. The highest BCUT2D eigenvalue weighted by atomic mass is 32.2. The van der Waals surface area contributed by atoms with E-state index in [1.807, 2.05) is 18.2 Å². The number of carbonyl (C=O) groups is 1. The zero-order valence-corrected chi connectivity index (χ0v) is 18.4. The monoisotopic (exact) mass is 466 g/mol. The van der Waals surface area contributed by atoms with Crippen molar-refractivity contribution >= 4 is 27.7 Å². The number of amides is 1. The second-order valence-electron chi connectivity index (χ2n) is 7.06. The number of hydrogen-bond acceptors (Lipinski definition) is 6. The van der Waals surface area contributed by atoms with Gasteiger partial charge in [0.05, 0.1) is 12.0 Å². The lowest BCUT2D eigenvalue weighted by Crippen LogP contribution is -2.28. The Labute approximate surface area is 191 Å². The second-order valence-corrected chi connectivity index (χ2v) is 8.62. The topological polar surface area (TPSA) is 103 Å². The molecule has 0 saturated heterocycles. The zero-order chi connectivity index (χ0) is 23.1. The number of hydrogen-bond donors (Lipinski definition) is 2. The average Bonchev–Trinajstić information content (AvgIpc) is 3.29. The van der Waals surface area contributed by atoms with E-state index in [0.717, 1.165) is 11.0 Å². The van der Waals surface area contributed by atoms with E-state index in [9.17, 15) is 13.2 Å². The zero-order valence-electron chi connectivity index (χ0n) is 17.6. The first-order valence-corrected chi connectivity index (χ1v) is 11.7. The minimum Gasteiger partial charge on any atom is -0.492 e. The highest BCUT2D eigenvalue weighted by molar-refractivity contribution is 7.95. The van der Waals surface area contributed by atoms with Gasteiger partial charge in [-0.2, -0.15) is 0 Å². The Morgan fingerprint density at radius 3 is 2.52 bits per heavy atom. The Morgan fingerprint density at radius 1 is 0.970 bits per heavy atom. The number of sulfonamides is 1. The molecule has 0 bridgehead atoms. The van der Waals surface area contributed by atoms with E-state index in [2.05, 4.69) is 10.0 Å². The molecule has 1 aliphatic rings. The fourth-order valence-electron chi connectivity index (χ4n) is 3.02. The summed E-state index contributed by atoms with van der Waals surface area (Å²) >= 11 is 0. The minimum atomic E-state index is -3.68. The molecular weight excluding hydrogens is 444 g/mol. The maximum atomic E-state index is 12.3. The van der Waals surface area contributed by atoms with Crippen LogP contribution in [0.15, 0.2) is 78.2 Å². The van der Waals surface area contributed by atoms with Crippen molar-refractivity contribution < 1.29 is 27.4 Å². The Kier molecular flexibility index (Phi) is 6.80. The third-order valence-corrected chi connectivity index (χ3v) is 5.66. The summed E-state index contributed by atoms with van der Waals surface area (Å²) in [5.41, 5.74) is 1.54. The van der Waals surface area contributed by atoms with Gasteiger partial charge in [-0.25, -0.2) is 8.42 Å². The molecule has 0 aromatic heterocycles. The number of carbonyl (C=O) groups excluding carboxylic acids is 1. The average molecular weight is 467 g/mol. The van der Waals surface area contributed by atoms with Crippen LogP contribution >= 0.6 is 0 Å². The van der Waals surface area contributed by atoms with Crippen molar-refractivity contribution in [3.05, 3.63) is 89.3 Å². The van der Waals surface area contributed by atoms with Crippen molar-refractivity contribution in [1.82, 2.24) is 5.32 Å². The summed E-state index contributed by atoms with van der Waals surface area (Å²) in [5, 5.41) is 3.86. The maximum absolute atomic E-state index is 12.3. The van der Waals surface area contributed by atoms with Crippen LogP contribution in [0.5, 0.6) is 17.2 Å². The molecule has 0 spiro atoms. The highest BCUT2D eigenvalue weighted by Gasteiger charge is 2.14.